The van der Waals surface area contributed by atoms with Crippen LogP contribution >= 0.6 is 35.0 Å². The van der Waals surface area contributed by atoms with Gasteiger partial charge < -0.3 is 5.32 Å². The van der Waals surface area contributed by atoms with Gasteiger partial charge in [-0.15, -0.1) is 11.8 Å². The van der Waals surface area contributed by atoms with E-state index < -0.39 is 0 Å². The van der Waals surface area contributed by atoms with Gasteiger partial charge in [-0.2, -0.15) is 0 Å². The first kappa shape index (κ1) is 14.7. The first-order chi connectivity index (χ1) is 9.20. The summed E-state index contributed by atoms with van der Waals surface area (Å²) in [5.41, 5.74) is 1.27. The number of hydrogen-bond donors (Lipinski definition) is 1. The van der Waals surface area contributed by atoms with Gasteiger partial charge in [-0.1, -0.05) is 53.5 Å². The van der Waals surface area contributed by atoms with Crippen molar-refractivity contribution in [3.05, 3.63) is 64.1 Å². The number of hydrogen-bond acceptors (Lipinski definition) is 2. The van der Waals surface area contributed by atoms with Gasteiger partial charge in [-0.3, -0.25) is 0 Å². The highest BCUT2D eigenvalue weighted by Crippen LogP contribution is 2.32. The minimum absolute atomic E-state index is 0.293. The van der Waals surface area contributed by atoms with Gasteiger partial charge >= 0.3 is 0 Å². The van der Waals surface area contributed by atoms with Crippen LogP contribution in [0.5, 0.6) is 0 Å². The molecule has 2 aromatic carbocycles. The molecule has 2 rings (SSSR count). The lowest BCUT2D eigenvalue weighted by Gasteiger charge is -2.16. The standard InChI is InChI=1S/C15H15Cl2NS/c1-18-14(11-5-3-2-4-6-11)10-19-15-9-12(16)7-8-13(15)17/h2-9,14,18H,10H2,1H3. The Bertz CT molecular complexity index is 531. The van der Waals surface area contributed by atoms with Crippen molar-refractivity contribution in [2.45, 2.75) is 10.9 Å². The summed E-state index contributed by atoms with van der Waals surface area (Å²) in [5.74, 6) is 0.903. The molecule has 0 saturated carbocycles. The maximum atomic E-state index is 6.17. The zero-order chi connectivity index (χ0) is 13.7. The van der Waals surface area contributed by atoms with Crippen LogP contribution in [0.4, 0.5) is 0 Å². The normalized spacial score (nSPS) is 12.4. The molecule has 0 amide bonds. The number of halogens is 2. The Labute approximate surface area is 128 Å². The predicted octanol–water partition coefficient (Wildman–Crippen LogP) is 5.05. The second-order valence-corrected chi connectivity index (χ2v) is 6.04. The molecule has 0 bridgehead atoms. The number of rotatable bonds is 5. The van der Waals surface area contributed by atoms with Crippen molar-refractivity contribution in [2.24, 2.45) is 0 Å². The Kier molecular flexibility index (Phi) is 5.59. The van der Waals surface area contributed by atoms with Crippen molar-refractivity contribution in [3.63, 3.8) is 0 Å². The third-order valence-electron chi connectivity index (χ3n) is 2.85. The fourth-order valence-electron chi connectivity index (χ4n) is 1.79. The zero-order valence-electron chi connectivity index (χ0n) is 10.6. The molecule has 0 fully saturated rings. The summed E-state index contributed by atoms with van der Waals surface area (Å²) in [6.07, 6.45) is 0. The van der Waals surface area contributed by atoms with E-state index in [0.717, 1.165) is 15.7 Å². The van der Waals surface area contributed by atoms with Crippen LogP contribution in [0.2, 0.25) is 10.0 Å². The van der Waals surface area contributed by atoms with E-state index in [9.17, 15) is 0 Å². The molecule has 0 aliphatic heterocycles. The Balaban J connectivity index is 2.06. The van der Waals surface area contributed by atoms with Gasteiger partial charge in [0.15, 0.2) is 0 Å². The summed E-state index contributed by atoms with van der Waals surface area (Å²) in [6.45, 7) is 0. The lowest BCUT2D eigenvalue weighted by atomic mass is 10.1. The van der Waals surface area contributed by atoms with E-state index in [0.29, 0.717) is 11.1 Å². The van der Waals surface area contributed by atoms with E-state index in [2.05, 4.69) is 29.6 Å². The van der Waals surface area contributed by atoms with Crippen molar-refractivity contribution in [3.8, 4) is 0 Å². The van der Waals surface area contributed by atoms with Crippen molar-refractivity contribution in [2.75, 3.05) is 12.8 Å². The van der Waals surface area contributed by atoms with Gasteiger partial charge in [0.05, 0.1) is 5.02 Å². The summed E-state index contributed by atoms with van der Waals surface area (Å²) >= 11 is 13.9. The summed E-state index contributed by atoms with van der Waals surface area (Å²) in [7, 11) is 1.97. The van der Waals surface area contributed by atoms with Crippen molar-refractivity contribution in [1.29, 1.82) is 0 Å². The number of nitrogens with one attached hydrogen (secondary N) is 1. The van der Waals surface area contributed by atoms with Crippen LogP contribution in [0.3, 0.4) is 0 Å². The second-order valence-electron chi connectivity index (χ2n) is 4.14. The highest BCUT2D eigenvalue weighted by molar-refractivity contribution is 7.99. The third-order valence-corrected chi connectivity index (χ3v) is 4.67. The summed E-state index contributed by atoms with van der Waals surface area (Å²) < 4.78 is 0. The smallest absolute Gasteiger partial charge is 0.0542 e. The molecule has 0 aliphatic carbocycles. The quantitative estimate of drug-likeness (QED) is 0.776. The van der Waals surface area contributed by atoms with E-state index in [4.69, 9.17) is 23.2 Å². The Hall–Kier alpha value is -0.670. The van der Waals surface area contributed by atoms with Gasteiger partial charge in [0, 0.05) is 21.7 Å². The molecule has 0 aromatic heterocycles. The molecule has 100 valence electrons. The molecule has 1 atom stereocenters. The molecule has 1 nitrogen and oxygen atoms in total. The fourth-order valence-corrected chi connectivity index (χ4v) is 3.43. The monoisotopic (exact) mass is 311 g/mol. The van der Waals surface area contributed by atoms with Crippen LogP contribution < -0.4 is 5.32 Å². The van der Waals surface area contributed by atoms with Gasteiger partial charge in [0.25, 0.3) is 0 Å². The van der Waals surface area contributed by atoms with Crippen LogP contribution in [-0.4, -0.2) is 12.8 Å². The average molecular weight is 312 g/mol. The van der Waals surface area contributed by atoms with Crippen LogP contribution in [0.25, 0.3) is 0 Å². The molecule has 1 N–H and O–H groups in total. The molecule has 0 radical (unpaired) electrons. The molecular formula is C15H15Cl2NS. The first-order valence-corrected chi connectivity index (χ1v) is 7.75. The summed E-state index contributed by atoms with van der Waals surface area (Å²) in [5, 5.41) is 4.79. The molecule has 0 spiro atoms. The van der Waals surface area contributed by atoms with Crippen LogP contribution in [0.15, 0.2) is 53.4 Å². The first-order valence-electron chi connectivity index (χ1n) is 6.01. The van der Waals surface area contributed by atoms with E-state index in [-0.39, 0.29) is 0 Å². The molecule has 2 aromatic rings. The predicted molar refractivity (Wildman–Crippen MR) is 85.4 cm³/mol. The van der Waals surface area contributed by atoms with Gasteiger partial charge in [-0.05, 0) is 30.8 Å². The minimum Gasteiger partial charge on any atom is -0.312 e. The van der Waals surface area contributed by atoms with Crippen LogP contribution in [0.1, 0.15) is 11.6 Å². The second kappa shape index (κ2) is 7.20. The van der Waals surface area contributed by atoms with Crippen LogP contribution in [-0.2, 0) is 0 Å². The van der Waals surface area contributed by atoms with E-state index in [1.165, 1.54) is 5.56 Å². The average Bonchev–Trinajstić information content (AvgIpc) is 2.44. The molecule has 0 saturated heterocycles. The van der Waals surface area contributed by atoms with Crippen molar-refractivity contribution >= 4 is 35.0 Å². The topological polar surface area (TPSA) is 12.0 Å². The Morgan fingerprint density at radius 3 is 2.53 bits per heavy atom. The largest absolute Gasteiger partial charge is 0.312 e. The Morgan fingerprint density at radius 1 is 1.11 bits per heavy atom. The van der Waals surface area contributed by atoms with E-state index in [1.807, 2.05) is 25.2 Å². The maximum absolute atomic E-state index is 6.17. The summed E-state index contributed by atoms with van der Waals surface area (Å²) in [4.78, 5) is 1.02. The summed E-state index contributed by atoms with van der Waals surface area (Å²) in [6, 6.07) is 16.2. The lowest BCUT2D eigenvalue weighted by molar-refractivity contribution is 0.662. The minimum atomic E-state index is 0.293. The Morgan fingerprint density at radius 2 is 1.84 bits per heavy atom. The van der Waals surface area contributed by atoms with Crippen LogP contribution in [0, 0.1) is 0 Å². The molecule has 0 aliphatic rings. The van der Waals surface area contributed by atoms with Gasteiger partial charge in [0.1, 0.15) is 0 Å². The molecular weight excluding hydrogens is 297 g/mol. The van der Waals surface area contributed by atoms with Gasteiger partial charge in [0.2, 0.25) is 0 Å². The molecule has 0 heterocycles. The number of thioether (sulfide) groups is 1. The molecule has 1 unspecified atom stereocenters. The zero-order valence-corrected chi connectivity index (χ0v) is 12.9. The van der Waals surface area contributed by atoms with Gasteiger partial charge in [-0.25, -0.2) is 0 Å². The highest BCUT2D eigenvalue weighted by Gasteiger charge is 2.10. The fraction of sp³-hybridized carbons (Fsp3) is 0.200. The molecule has 19 heavy (non-hydrogen) atoms. The van der Waals surface area contributed by atoms with Crippen molar-refractivity contribution in [1.82, 2.24) is 5.32 Å². The SMILES string of the molecule is CNC(CSc1cc(Cl)ccc1Cl)c1ccccc1. The lowest BCUT2D eigenvalue weighted by Crippen LogP contribution is -2.18. The highest BCUT2D eigenvalue weighted by atomic mass is 35.5. The number of benzene rings is 2. The maximum Gasteiger partial charge on any atom is 0.0542 e. The molecule has 4 heteroatoms. The van der Waals surface area contributed by atoms with Crippen molar-refractivity contribution < 1.29 is 0 Å². The third kappa shape index (κ3) is 4.15. The van der Waals surface area contributed by atoms with E-state index in [1.54, 1.807) is 17.8 Å². The van der Waals surface area contributed by atoms with E-state index >= 15 is 0 Å².